The van der Waals surface area contributed by atoms with Crippen molar-refractivity contribution in [1.29, 1.82) is 0 Å². The van der Waals surface area contributed by atoms with Crippen LogP contribution >= 0.6 is 23.1 Å². The number of thioether (sulfide) groups is 1. The number of hydrogen-bond donors (Lipinski definition) is 2. The van der Waals surface area contributed by atoms with Crippen molar-refractivity contribution in [2.24, 2.45) is 12.2 Å². The number of pyridine rings is 1. The number of carbonyl (C=O) groups is 4. The van der Waals surface area contributed by atoms with E-state index in [1.165, 1.54) is 11.8 Å². The molecule has 0 spiro atoms. The molecule has 3 fully saturated rings. The minimum Gasteiger partial charge on any atom is -0.543 e. The molecule has 0 radical (unpaired) electrons. The maximum Gasteiger partial charge on any atom is 0.276 e. The number of amides is 3. The van der Waals surface area contributed by atoms with Gasteiger partial charge in [-0.2, -0.15) is 0 Å². The van der Waals surface area contributed by atoms with Crippen molar-refractivity contribution >= 4 is 57.6 Å². The van der Waals surface area contributed by atoms with Crippen LogP contribution in [0.25, 0.3) is 0 Å². The number of carbonyl (C=O) groups excluding carboxylic acids is 4. The lowest BCUT2D eigenvalue weighted by Crippen LogP contribution is -2.71. The summed E-state index contributed by atoms with van der Waals surface area (Å²) in [4.78, 5) is 64.7. The number of nitrogens with two attached hydrogens (primary N) is 1. The fourth-order valence-corrected chi connectivity index (χ4v) is 7.61. The number of carboxylic acids is 1. The van der Waals surface area contributed by atoms with Crippen LogP contribution in [-0.2, 0) is 37.6 Å². The van der Waals surface area contributed by atoms with Crippen LogP contribution in [0.2, 0.25) is 0 Å². The SMILES string of the molecule is C[n+]1ccccc1CN1CCC(=CC2=C(C(=O)[O-])N3C(=O)[C@@H](NC(=O)C(=NOC4CCCC4)c4csc(N)n4)[C@H]3SC2)C1=O. The van der Waals surface area contributed by atoms with Gasteiger partial charge in [0.15, 0.2) is 17.0 Å². The van der Waals surface area contributed by atoms with Crippen LogP contribution in [-0.4, -0.2) is 74.0 Å². The summed E-state index contributed by atoms with van der Waals surface area (Å²) in [5.74, 6) is -2.77. The molecule has 1 saturated carbocycles. The van der Waals surface area contributed by atoms with Gasteiger partial charge in [0, 0.05) is 35.4 Å². The summed E-state index contributed by atoms with van der Waals surface area (Å²) in [5, 5.41) is 20.2. The molecule has 3 aliphatic heterocycles. The first-order chi connectivity index (χ1) is 21.2. The van der Waals surface area contributed by atoms with Crippen molar-refractivity contribution in [3.8, 4) is 0 Å². The van der Waals surface area contributed by atoms with Crippen LogP contribution in [0.4, 0.5) is 5.13 Å². The number of aromatic nitrogens is 2. The number of carboxylic acid groups (broad SMARTS) is 1. The smallest absolute Gasteiger partial charge is 0.276 e. The second kappa shape index (κ2) is 12.4. The van der Waals surface area contributed by atoms with E-state index in [1.807, 2.05) is 36.0 Å². The Morgan fingerprint density at radius 2 is 2.09 bits per heavy atom. The Bertz CT molecular complexity index is 1610. The Hall–Kier alpha value is -4.24. The van der Waals surface area contributed by atoms with E-state index >= 15 is 0 Å². The summed E-state index contributed by atoms with van der Waals surface area (Å²) in [6.45, 7) is 0.923. The van der Waals surface area contributed by atoms with Crippen LogP contribution in [0, 0.1) is 0 Å². The Kier molecular flexibility index (Phi) is 8.40. The molecule has 2 atom stereocenters. The van der Waals surface area contributed by atoms with Crippen molar-refractivity contribution < 1.29 is 33.7 Å². The van der Waals surface area contributed by atoms with E-state index in [-0.39, 0.29) is 40.0 Å². The minimum atomic E-state index is -1.52. The highest BCUT2D eigenvalue weighted by Crippen LogP contribution is 2.41. The first kappa shape index (κ1) is 29.8. The van der Waals surface area contributed by atoms with E-state index in [0.29, 0.717) is 30.7 Å². The molecule has 5 heterocycles. The lowest BCUT2D eigenvalue weighted by molar-refractivity contribution is -0.680. The van der Waals surface area contributed by atoms with Gasteiger partial charge in [-0.05, 0) is 43.8 Å². The molecule has 6 rings (SSSR count). The molecule has 15 heteroatoms. The van der Waals surface area contributed by atoms with Gasteiger partial charge < -0.3 is 30.7 Å². The molecule has 3 amide bonds. The molecule has 44 heavy (non-hydrogen) atoms. The zero-order valence-electron chi connectivity index (χ0n) is 23.9. The summed E-state index contributed by atoms with van der Waals surface area (Å²) in [5.41, 5.74) is 7.36. The number of β-lactam (4-membered cyclic amide) rings is 1. The zero-order chi connectivity index (χ0) is 31.0. The minimum absolute atomic E-state index is 0.105. The molecule has 0 bridgehead atoms. The molecule has 1 aliphatic carbocycles. The quantitative estimate of drug-likeness (QED) is 0.126. The molecular formula is C29H31N7O6S2. The average molecular weight is 638 g/mol. The summed E-state index contributed by atoms with van der Waals surface area (Å²) < 4.78 is 1.94. The fraction of sp³-hybridized carbons (Fsp3) is 0.414. The van der Waals surface area contributed by atoms with Crippen LogP contribution in [0.5, 0.6) is 0 Å². The first-order valence-electron chi connectivity index (χ1n) is 14.3. The number of oxime groups is 1. The van der Waals surface area contributed by atoms with Crippen molar-refractivity contribution in [2.75, 3.05) is 18.0 Å². The number of nitrogens with one attached hydrogen (secondary N) is 1. The molecule has 2 aromatic heterocycles. The van der Waals surface area contributed by atoms with Gasteiger partial charge in [-0.15, -0.1) is 23.1 Å². The van der Waals surface area contributed by atoms with E-state index in [0.717, 1.165) is 47.6 Å². The van der Waals surface area contributed by atoms with Gasteiger partial charge in [0.2, 0.25) is 11.6 Å². The summed E-state index contributed by atoms with van der Waals surface area (Å²) >= 11 is 2.44. The lowest BCUT2D eigenvalue weighted by atomic mass is 10.0. The van der Waals surface area contributed by atoms with Crippen LogP contribution in [0.3, 0.4) is 0 Å². The van der Waals surface area contributed by atoms with E-state index in [9.17, 15) is 24.3 Å². The number of likely N-dealkylation sites (tertiary alicyclic amines) is 1. The average Bonchev–Trinajstić information content (AvgIpc) is 3.76. The lowest BCUT2D eigenvalue weighted by Gasteiger charge is -2.50. The standard InChI is InChI=1S/C29H31N7O6S2/c1-34-10-5-4-6-18(34)13-35-11-9-16(25(35)38)12-17-14-43-27-22(26(39)36(27)23(17)28(40)41)32-24(37)21(20-15-44-29(30)31-20)33-42-19-7-2-3-8-19/h4-6,10,12,15,19,22,27H,2-3,7-9,11,13-14H2,1H3,(H3-,30,31,32,37,40,41)/t22-,27-/m1/s1. The number of aliphatic carboxylic acids is 1. The van der Waals surface area contributed by atoms with E-state index in [4.69, 9.17) is 10.6 Å². The number of thiazole rings is 1. The number of rotatable bonds is 9. The molecule has 4 aliphatic rings. The normalized spacial score (nSPS) is 23.3. The van der Waals surface area contributed by atoms with Gasteiger partial charge >= 0.3 is 0 Å². The number of anilines is 1. The molecular weight excluding hydrogens is 606 g/mol. The number of nitrogen functional groups attached to an aromatic ring is 1. The largest absolute Gasteiger partial charge is 0.543 e. The first-order valence-corrected chi connectivity index (χ1v) is 16.2. The molecule has 0 aromatic carbocycles. The number of fused-ring (bicyclic) bond motifs is 1. The Balaban J connectivity index is 1.17. The number of hydrogen-bond acceptors (Lipinski definition) is 11. The van der Waals surface area contributed by atoms with E-state index in [2.05, 4.69) is 15.5 Å². The zero-order valence-corrected chi connectivity index (χ0v) is 25.6. The number of nitrogens with zero attached hydrogens (tertiary/aromatic N) is 5. The van der Waals surface area contributed by atoms with Crippen LogP contribution in [0.15, 0.2) is 57.9 Å². The second-order valence-corrected chi connectivity index (χ2v) is 13.0. The Labute approximate surface area is 261 Å². The Morgan fingerprint density at radius 3 is 2.80 bits per heavy atom. The van der Waals surface area contributed by atoms with Gasteiger partial charge in [0.05, 0.1) is 11.7 Å². The summed E-state index contributed by atoms with van der Waals surface area (Å²) in [6.07, 6.45) is 7.52. The maximum atomic E-state index is 13.3. The third kappa shape index (κ3) is 5.80. The second-order valence-electron chi connectivity index (χ2n) is 11.0. The van der Waals surface area contributed by atoms with Crippen LogP contribution in [0.1, 0.15) is 43.5 Å². The summed E-state index contributed by atoms with van der Waals surface area (Å²) in [7, 11) is 1.91. The predicted octanol–water partition coefficient (Wildman–Crippen LogP) is -0.0241. The van der Waals surface area contributed by atoms with Crippen LogP contribution < -0.4 is 20.7 Å². The third-order valence-corrected chi connectivity index (χ3v) is 10.1. The third-order valence-electron chi connectivity index (χ3n) is 8.13. The highest BCUT2D eigenvalue weighted by Gasteiger charge is 2.53. The highest BCUT2D eigenvalue weighted by molar-refractivity contribution is 8.00. The number of allylic oxidation sites excluding steroid dienone is 1. The molecule has 2 saturated heterocycles. The van der Waals surface area contributed by atoms with Crippen molar-refractivity contribution in [3.63, 3.8) is 0 Å². The highest BCUT2D eigenvalue weighted by atomic mass is 32.2. The predicted molar refractivity (Wildman–Crippen MR) is 159 cm³/mol. The molecule has 3 N–H and O–H groups in total. The fourth-order valence-electron chi connectivity index (χ4n) is 5.76. The van der Waals surface area contributed by atoms with Gasteiger partial charge in [0.25, 0.3) is 11.8 Å². The van der Waals surface area contributed by atoms with Crippen molar-refractivity contribution in [1.82, 2.24) is 20.1 Å². The van der Waals surface area contributed by atoms with Gasteiger partial charge in [-0.25, -0.2) is 9.55 Å². The van der Waals surface area contributed by atoms with Crippen molar-refractivity contribution in [2.45, 2.75) is 56.2 Å². The molecule has 230 valence electrons. The van der Waals surface area contributed by atoms with E-state index < -0.39 is 29.2 Å². The summed E-state index contributed by atoms with van der Waals surface area (Å²) in [6, 6.07) is 4.76. The van der Waals surface area contributed by atoms with Gasteiger partial charge in [0.1, 0.15) is 36.8 Å². The monoisotopic (exact) mass is 637 g/mol. The topological polar surface area (TPSA) is 174 Å². The molecule has 2 aromatic rings. The number of aryl methyl sites for hydroxylation is 1. The molecule has 13 nitrogen and oxygen atoms in total. The van der Waals surface area contributed by atoms with Gasteiger partial charge in [-0.1, -0.05) is 11.2 Å². The Morgan fingerprint density at radius 1 is 1.30 bits per heavy atom. The van der Waals surface area contributed by atoms with E-state index in [1.54, 1.807) is 16.4 Å². The molecule has 0 unspecified atom stereocenters. The van der Waals surface area contributed by atoms with Gasteiger partial charge in [-0.3, -0.25) is 19.3 Å². The maximum absolute atomic E-state index is 13.3. The van der Waals surface area contributed by atoms with Crippen molar-refractivity contribution in [3.05, 3.63) is 64.1 Å².